The molecule has 4 heteroatoms. The minimum Gasteiger partial charge on any atom is -0.495 e. The molecule has 1 aromatic rings. The highest BCUT2D eigenvalue weighted by Gasteiger charge is 2.19. The topological polar surface area (TPSA) is 64.3 Å². The number of methoxy groups -OCH3 is 1. The van der Waals surface area contributed by atoms with Gasteiger partial charge in [0.2, 0.25) is 0 Å². The molecule has 1 aliphatic carbocycles. The Morgan fingerprint density at radius 3 is 2.95 bits per heavy atom. The number of nitrogens with two attached hydrogens (primary N) is 1. The Kier molecular flexibility index (Phi) is 5.48. The van der Waals surface area contributed by atoms with Crippen LogP contribution in [0.5, 0.6) is 5.75 Å². The number of para-hydroxylation sites is 1. The van der Waals surface area contributed by atoms with Gasteiger partial charge in [0.05, 0.1) is 18.4 Å². The molecule has 1 aliphatic rings. The third-order valence-electron chi connectivity index (χ3n) is 4.41. The Hall–Kier alpha value is -1.71. The summed E-state index contributed by atoms with van der Waals surface area (Å²) >= 11 is 0. The first-order valence-electron chi connectivity index (χ1n) is 7.82. The fourth-order valence-electron chi connectivity index (χ4n) is 3.23. The van der Waals surface area contributed by atoms with Gasteiger partial charge >= 0.3 is 0 Å². The van der Waals surface area contributed by atoms with Crippen molar-refractivity contribution in [2.45, 2.75) is 39.0 Å². The van der Waals surface area contributed by atoms with Crippen LogP contribution in [0.3, 0.4) is 0 Å². The van der Waals surface area contributed by atoms with Crippen molar-refractivity contribution in [1.29, 1.82) is 0 Å². The summed E-state index contributed by atoms with van der Waals surface area (Å²) in [5, 5.41) is 2.98. The highest BCUT2D eigenvalue weighted by atomic mass is 16.5. The highest BCUT2D eigenvalue weighted by Crippen LogP contribution is 2.30. The molecule has 1 fully saturated rings. The number of rotatable bonds is 5. The summed E-state index contributed by atoms with van der Waals surface area (Å²) in [5.74, 6) is 2.00. The largest absolute Gasteiger partial charge is 0.495 e. The van der Waals surface area contributed by atoms with Gasteiger partial charge in [0.25, 0.3) is 5.91 Å². The summed E-state index contributed by atoms with van der Waals surface area (Å²) < 4.78 is 5.14. The first-order chi connectivity index (χ1) is 10.1. The van der Waals surface area contributed by atoms with Crippen LogP contribution in [0.25, 0.3) is 0 Å². The molecule has 0 saturated heterocycles. The summed E-state index contributed by atoms with van der Waals surface area (Å²) in [5.41, 5.74) is 6.84. The van der Waals surface area contributed by atoms with E-state index in [-0.39, 0.29) is 5.91 Å². The van der Waals surface area contributed by atoms with Crippen LogP contribution in [0.4, 0.5) is 5.69 Å². The van der Waals surface area contributed by atoms with Gasteiger partial charge in [-0.2, -0.15) is 0 Å². The lowest BCUT2D eigenvalue weighted by atomic mass is 9.81. The van der Waals surface area contributed by atoms with E-state index in [2.05, 4.69) is 12.2 Å². The number of anilines is 1. The number of benzene rings is 1. The Balaban J connectivity index is 1.84. The van der Waals surface area contributed by atoms with Crippen molar-refractivity contribution in [1.82, 2.24) is 5.32 Å². The predicted molar refractivity (Wildman–Crippen MR) is 85.5 cm³/mol. The van der Waals surface area contributed by atoms with Crippen molar-refractivity contribution < 1.29 is 9.53 Å². The van der Waals surface area contributed by atoms with E-state index in [1.165, 1.54) is 25.7 Å². The summed E-state index contributed by atoms with van der Waals surface area (Å²) in [6.07, 6.45) is 6.31. The summed E-state index contributed by atoms with van der Waals surface area (Å²) in [6, 6.07) is 5.28. The minimum absolute atomic E-state index is 0.116. The maximum atomic E-state index is 12.2. The van der Waals surface area contributed by atoms with Gasteiger partial charge in [-0.15, -0.1) is 0 Å². The highest BCUT2D eigenvalue weighted by molar-refractivity contribution is 6.00. The number of nitrogen functional groups attached to an aromatic ring is 1. The molecule has 1 amide bonds. The number of carbonyl (C=O) groups excluding carboxylic acids is 1. The van der Waals surface area contributed by atoms with Crippen LogP contribution in [-0.2, 0) is 0 Å². The van der Waals surface area contributed by atoms with Crippen LogP contribution in [0, 0.1) is 11.8 Å². The van der Waals surface area contributed by atoms with Gasteiger partial charge in [-0.25, -0.2) is 0 Å². The SMILES string of the molecule is COc1cccc(C(=O)NCCC2CCCC(C)C2)c1N. The Morgan fingerprint density at radius 2 is 2.24 bits per heavy atom. The molecule has 116 valence electrons. The van der Waals surface area contributed by atoms with E-state index >= 15 is 0 Å². The second kappa shape index (κ2) is 7.34. The van der Waals surface area contributed by atoms with Crippen molar-refractivity contribution in [3.05, 3.63) is 23.8 Å². The van der Waals surface area contributed by atoms with E-state index in [0.717, 1.165) is 18.3 Å². The first-order valence-corrected chi connectivity index (χ1v) is 7.82. The van der Waals surface area contributed by atoms with Crippen LogP contribution < -0.4 is 15.8 Å². The maximum absolute atomic E-state index is 12.2. The second-order valence-electron chi connectivity index (χ2n) is 6.10. The van der Waals surface area contributed by atoms with Gasteiger partial charge in [0, 0.05) is 6.54 Å². The molecular weight excluding hydrogens is 264 g/mol. The molecule has 4 nitrogen and oxygen atoms in total. The number of hydrogen-bond acceptors (Lipinski definition) is 3. The monoisotopic (exact) mass is 290 g/mol. The number of ether oxygens (including phenoxy) is 1. The van der Waals surface area contributed by atoms with Gasteiger partial charge in [-0.05, 0) is 36.8 Å². The Labute approximate surface area is 127 Å². The predicted octanol–water partition coefficient (Wildman–Crippen LogP) is 3.22. The van der Waals surface area contributed by atoms with Crippen LogP contribution in [-0.4, -0.2) is 19.6 Å². The average Bonchev–Trinajstić information content (AvgIpc) is 2.47. The van der Waals surface area contributed by atoms with Crippen LogP contribution >= 0.6 is 0 Å². The Bertz CT molecular complexity index is 488. The number of hydrogen-bond donors (Lipinski definition) is 2. The molecule has 0 aromatic heterocycles. The van der Waals surface area contributed by atoms with Crippen molar-refractivity contribution in [3.63, 3.8) is 0 Å². The lowest BCUT2D eigenvalue weighted by molar-refractivity contribution is 0.0950. The molecular formula is C17H26N2O2. The fraction of sp³-hybridized carbons (Fsp3) is 0.588. The standard InChI is InChI=1S/C17H26N2O2/c1-12-5-3-6-13(11-12)9-10-19-17(20)14-7-4-8-15(21-2)16(14)18/h4,7-8,12-13H,3,5-6,9-11,18H2,1-2H3,(H,19,20). The maximum Gasteiger partial charge on any atom is 0.253 e. The average molecular weight is 290 g/mol. The molecule has 0 radical (unpaired) electrons. The summed E-state index contributed by atoms with van der Waals surface area (Å²) in [6.45, 7) is 3.04. The van der Waals surface area contributed by atoms with E-state index in [9.17, 15) is 4.79 Å². The van der Waals surface area contributed by atoms with Crippen LogP contribution in [0.15, 0.2) is 18.2 Å². The van der Waals surface area contributed by atoms with E-state index in [4.69, 9.17) is 10.5 Å². The number of nitrogens with one attached hydrogen (secondary N) is 1. The van der Waals surface area contributed by atoms with Crippen LogP contribution in [0.1, 0.15) is 49.4 Å². The zero-order valence-corrected chi connectivity index (χ0v) is 13.0. The van der Waals surface area contributed by atoms with Crippen molar-refractivity contribution in [2.75, 3.05) is 19.4 Å². The van der Waals surface area contributed by atoms with E-state index < -0.39 is 0 Å². The van der Waals surface area contributed by atoms with Crippen molar-refractivity contribution >= 4 is 11.6 Å². The molecule has 1 aromatic carbocycles. The van der Waals surface area contributed by atoms with Crippen molar-refractivity contribution in [3.8, 4) is 5.75 Å². The quantitative estimate of drug-likeness (QED) is 0.818. The molecule has 0 bridgehead atoms. The molecule has 1 saturated carbocycles. The zero-order chi connectivity index (χ0) is 15.2. The molecule has 21 heavy (non-hydrogen) atoms. The molecule has 2 atom stereocenters. The Morgan fingerprint density at radius 1 is 1.43 bits per heavy atom. The van der Waals surface area contributed by atoms with E-state index in [1.807, 2.05) is 0 Å². The van der Waals surface area contributed by atoms with E-state index in [1.54, 1.807) is 25.3 Å². The van der Waals surface area contributed by atoms with Gasteiger partial charge in [-0.1, -0.05) is 32.3 Å². The third-order valence-corrected chi connectivity index (χ3v) is 4.41. The molecule has 0 heterocycles. The van der Waals surface area contributed by atoms with Crippen LogP contribution in [0.2, 0.25) is 0 Å². The summed E-state index contributed by atoms with van der Waals surface area (Å²) in [4.78, 5) is 12.2. The summed E-state index contributed by atoms with van der Waals surface area (Å²) in [7, 11) is 1.55. The normalized spacial score (nSPS) is 21.8. The molecule has 3 N–H and O–H groups in total. The molecule has 0 aliphatic heterocycles. The second-order valence-corrected chi connectivity index (χ2v) is 6.10. The van der Waals surface area contributed by atoms with Gasteiger partial charge in [0.1, 0.15) is 5.75 Å². The van der Waals surface area contributed by atoms with Crippen molar-refractivity contribution in [2.24, 2.45) is 11.8 Å². The zero-order valence-electron chi connectivity index (χ0n) is 13.0. The molecule has 2 unspecified atom stereocenters. The fourth-order valence-corrected chi connectivity index (χ4v) is 3.23. The first kappa shape index (κ1) is 15.7. The third kappa shape index (κ3) is 4.13. The molecule has 0 spiro atoms. The van der Waals surface area contributed by atoms with Gasteiger partial charge in [0.15, 0.2) is 0 Å². The smallest absolute Gasteiger partial charge is 0.253 e. The lowest BCUT2D eigenvalue weighted by Crippen LogP contribution is -2.27. The van der Waals surface area contributed by atoms with Gasteiger partial charge < -0.3 is 15.8 Å². The lowest BCUT2D eigenvalue weighted by Gasteiger charge is -2.26. The number of carbonyl (C=O) groups is 1. The van der Waals surface area contributed by atoms with E-state index in [0.29, 0.717) is 23.5 Å². The van der Waals surface area contributed by atoms with Gasteiger partial charge in [-0.3, -0.25) is 4.79 Å². The molecule has 2 rings (SSSR count). The minimum atomic E-state index is -0.116. The number of amides is 1.